The van der Waals surface area contributed by atoms with Crippen molar-refractivity contribution in [1.29, 1.82) is 0 Å². The standard InChI is InChI=1S/C15H21N5/c1-2-19-9-4-5-13(11-19)17-14-6-3-7-15(18-14)20-10-8-16-12-20/h3,6-8,10,12-13H,2,4-5,9,11H2,1H3,(H,17,18)/t13-/m0/s1. The molecule has 0 amide bonds. The van der Waals surface area contributed by atoms with E-state index >= 15 is 0 Å². The van der Waals surface area contributed by atoms with Gasteiger partial charge in [0, 0.05) is 25.0 Å². The fourth-order valence-electron chi connectivity index (χ4n) is 2.71. The van der Waals surface area contributed by atoms with Crippen molar-refractivity contribution in [2.45, 2.75) is 25.8 Å². The molecule has 5 nitrogen and oxygen atoms in total. The molecule has 1 aliphatic rings. The Hall–Kier alpha value is -1.88. The van der Waals surface area contributed by atoms with Crippen LogP contribution in [0.3, 0.4) is 0 Å². The molecule has 0 bridgehead atoms. The first-order valence-electron chi connectivity index (χ1n) is 7.29. The van der Waals surface area contributed by atoms with E-state index in [0.29, 0.717) is 6.04 Å². The SMILES string of the molecule is CCN1CCC[C@H](Nc2cccc(-n3ccnc3)n2)C1. The molecule has 2 aromatic heterocycles. The fourth-order valence-corrected chi connectivity index (χ4v) is 2.71. The van der Waals surface area contributed by atoms with Gasteiger partial charge in [-0.05, 0) is 38.1 Å². The molecule has 0 saturated carbocycles. The Bertz CT molecular complexity index is 537. The van der Waals surface area contributed by atoms with Gasteiger partial charge in [0.15, 0.2) is 0 Å². The molecule has 0 radical (unpaired) electrons. The highest BCUT2D eigenvalue weighted by Gasteiger charge is 2.18. The van der Waals surface area contributed by atoms with Gasteiger partial charge in [0.1, 0.15) is 18.0 Å². The summed E-state index contributed by atoms with van der Waals surface area (Å²) in [6, 6.07) is 6.55. The zero-order valence-electron chi connectivity index (χ0n) is 11.9. The van der Waals surface area contributed by atoms with Gasteiger partial charge in [-0.2, -0.15) is 0 Å². The fraction of sp³-hybridized carbons (Fsp3) is 0.467. The highest BCUT2D eigenvalue weighted by Crippen LogP contribution is 2.15. The van der Waals surface area contributed by atoms with E-state index in [2.05, 4.69) is 27.1 Å². The molecule has 106 valence electrons. The van der Waals surface area contributed by atoms with Crippen LogP contribution in [0.5, 0.6) is 0 Å². The molecule has 1 atom stereocenters. The van der Waals surface area contributed by atoms with E-state index in [0.717, 1.165) is 24.7 Å². The van der Waals surface area contributed by atoms with Crippen molar-refractivity contribution < 1.29 is 0 Å². The maximum atomic E-state index is 4.65. The van der Waals surface area contributed by atoms with Crippen LogP contribution in [0.15, 0.2) is 36.9 Å². The Balaban J connectivity index is 1.70. The van der Waals surface area contributed by atoms with E-state index in [1.807, 2.05) is 29.0 Å². The van der Waals surface area contributed by atoms with Gasteiger partial charge >= 0.3 is 0 Å². The summed E-state index contributed by atoms with van der Waals surface area (Å²) < 4.78 is 1.92. The highest BCUT2D eigenvalue weighted by molar-refractivity contribution is 5.40. The molecule has 0 unspecified atom stereocenters. The Morgan fingerprint density at radius 2 is 2.35 bits per heavy atom. The van der Waals surface area contributed by atoms with Gasteiger partial charge in [0.05, 0.1) is 0 Å². The predicted octanol–water partition coefficient (Wildman–Crippen LogP) is 2.16. The number of imidazole rings is 1. The molecular formula is C15H21N5. The Morgan fingerprint density at radius 3 is 3.15 bits per heavy atom. The topological polar surface area (TPSA) is 46.0 Å². The number of hydrogen-bond donors (Lipinski definition) is 1. The lowest BCUT2D eigenvalue weighted by atomic mass is 10.1. The van der Waals surface area contributed by atoms with Crippen LogP contribution in [-0.2, 0) is 0 Å². The molecule has 20 heavy (non-hydrogen) atoms. The van der Waals surface area contributed by atoms with Crippen LogP contribution in [0, 0.1) is 0 Å². The normalized spacial score (nSPS) is 19.9. The third-order valence-corrected chi connectivity index (χ3v) is 3.81. The van der Waals surface area contributed by atoms with Gasteiger partial charge in [-0.25, -0.2) is 9.97 Å². The second-order valence-electron chi connectivity index (χ2n) is 5.23. The number of aromatic nitrogens is 3. The molecule has 3 rings (SSSR count). The minimum atomic E-state index is 0.495. The first-order valence-corrected chi connectivity index (χ1v) is 7.29. The van der Waals surface area contributed by atoms with E-state index in [1.54, 1.807) is 12.5 Å². The summed E-state index contributed by atoms with van der Waals surface area (Å²) in [6.07, 6.45) is 7.92. The van der Waals surface area contributed by atoms with Gasteiger partial charge in [0.25, 0.3) is 0 Å². The van der Waals surface area contributed by atoms with Gasteiger partial charge in [0.2, 0.25) is 0 Å². The summed E-state index contributed by atoms with van der Waals surface area (Å²) in [5.41, 5.74) is 0. The molecule has 5 heteroatoms. The Morgan fingerprint density at radius 1 is 1.40 bits per heavy atom. The van der Waals surface area contributed by atoms with Gasteiger partial charge in [-0.3, -0.25) is 4.57 Å². The second kappa shape index (κ2) is 6.05. The highest BCUT2D eigenvalue weighted by atomic mass is 15.2. The summed E-state index contributed by atoms with van der Waals surface area (Å²) in [5, 5.41) is 3.56. The first-order chi connectivity index (χ1) is 9.85. The molecule has 1 fully saturated rings. The molecule has 0 aliphatic carbocycles. The Labute approximate surface area is 119 Å². The smallest absolute Gasteiger partial charge is 0.140 e. The largest absolute Gasteiger partial charge is 0.366 e. The van der Waals surface area contributed by atoms with E-state index in [-0.39, 0.29) is 0 Å². The molecule has 0 aromatic carbocycles. The lowest BCUT2D eigenvalue weighted by Gasteiger charge is -2.32. The van der Waals surface area contributed by atoms with Crippen molar-refractivity contribution >= 4 is 5.82 Å². The number of nitrogens with zero attached hydrogens (tertiary/aromatic N) is 4. The summed E-state index contributed by atoms with van der Waals surface area (Å²) >= 11 is 0. The first kappa shape index (κ1) is 13.1. The number of hydrogen-bond acceptors (Lipinski definition) is 4. The monoisotopic (exact) mass is 271 g/mol. The quantitative estimate of drug-likeness (QED) is 0.925. The van der Waals surface area contributed by atoms with Gasteiger partial charge in [-0.1, -0.05) is 13.0 Å². The summed E-state index contributed by atoms with van der Waals surface area (Å²) in [6.45, 7) is 5.67. The lowest BCUT2D eigenvalue weighted by molar-refractivity contribution is 0.226. The predicted molar refractivity (Wildman–Crippen MR) is 80.1 cm³/mol. The number of rotatable bonds is 4. The van der Waals surface area contributed by atoms with E-state index in [9.17, 15) is 0 Å². The van der Waals surface area contributed by atoms with Crippen molar-refractivity contribution in [2.75, 3.05) is 25.0 Å². The minimum absolute atomic E-state index is 0.495. The van der Waals surface area contributed by atoms with Crippen molar-refractivity contribution in [3.05, 3.63) is 36.9 Å². The van der Waals surface area contributed by atoms with Crippen molar-refractivity contribution in [3.63, 3.8) is 0 Å². The van der Waals surface area contributed by atoms with Crippen molar-refractivity contribution in [1.82, 2.24) is 19.4 Å². The van der Waals surface area contributed by atoms with E-state index in [1.165, 1.54) is 19.4 Å². The van der Waals surface area contributed by atoms with Gasteiger partial charge in [-0.15, -0.1) is 0 Å². The van der Waals surface area contributed by atoms with Crippen LogP contribution in [0.2, 0.25) is 0 Å². The molecule has 1 N–H and O–H groups in total. The summed E-state index contributed by atoms with van der Waals surface area (Å²) in [4.78, 5) is 11.2. The number of likely N-dealkylation sites (tertiary alicyclic amines) is 1. The minimum Gasteiger partial charge on any atom is -0.366 e. The third kappa shape index (κ3) is 2.99. The summed E-state index contributed by atoms with van der Waals surface area (Å²) in [7, 11) is 0. The second-order valence-corrected chi connectivity index (χ2v) is 5.23. The summed E-state index contributed by atoms with van der Waals surface area (Å²) in [5.74, 6) is 1.84. The molecule has 0 spiro atoms. The Kier molecular flexibility index (Phi) is 3.97. The maximum absolute atomic E-state index is 4.65. The van der Waals surface area contributed by atoms with Crippen molar-refractivity contribution in [2.24, 2.45) is 0 Å². The number of likely N-dealkylation sites (N-methyl/N-ethyl adjacent to an activating group) is 1. The van der Waals surface area contributed by atoms with E-state index < -0.39 is 0 Å². The average molecular weight is 271 g/mol. The maximum Gasteiger partial charge on any atom is 0.140 e. The molecule has 3 heterocycles. The van der Waals surface area contributed by atoms with Gasteiger partial charge < -0.3 is 10.2 Å². The molecular weight excluding hydrogens is 250 g/mol. The van der Waals surface area contributed by atoms with E-state index in [4.69, 9.17) is 0 Å². The zero-order valence-corrected chi connectivity index (χ0v) is 11.9. The number of piperidine rings is 1. The number of anilines is 1. The van der Waals surface area contributed by atoms with Crippen LogP contribution in [-0.4, -0.2) is 45.1 Å². The average Bonchev–Trinajstić information content (AvgIpc) is 3.02. The third-order valence-electron chi connectivity index (χ3n) is 3.81. The van der Waals surface area contributed by atoms with Crippen LogP contribution < -0.4 is 5.32 Å². The number of pyridine rings is 1. The van der Waals surface area contributed by atoms with Crippen molar-refractivity contribution in [3.8, 4) is 5.82 Å². The van der Waals surface area contributed by atoms with Crippen LogP contribution in [0.1, 0.15) is 19.8 Å². The zero-order chi connectivity index (χ0) is 13.8. The molecule has 1 aliphatic heterocycles. The van der Waals surface area contributed by atoms with Crippen LogP contribution >= 0.6 is 0 Å². The van der Waals surface area contributed by atoms with Crippen LogP contribution in [0.25, 0.3) is 5.82 Å². The molecule has 2 aromatic rings. The lowest BCUT2D eigenvalue weighted by Crippen LogP contribution is -2.41. The number of nitrogens with one attached hydrogen (secondary N) is 1. The van der Waals surface area contributed by atoms with Crippen LogP contribution in [0.4, 0.5) is 5.82 Å². The molecule has 1 saturated heterocycles.